The van der Waals surface area contributed by atoms with Gasteiger partial charge in [0.1, 0.15) is 0 Å². The minimum absolute atomic E-state index is 0.0863. The Morgan fingerprint density at radius 2 is 1.92 bits per heavy atom. The standard InChI is InChI=1S/C18H22N4O2/c1-12-5-7-15(8-6-12)22-13(2)16(10-20-22)18(24)21-9-3-4-14(11-21)17(19)23/h5-8,10,14H,3-4,9,11H2,1-2H3,(H2,19,23)/t14-/m0/s1. The number of rotatable bonds is 3. The van der Waals surface area contributed by atoms with Crippen LogP contribution in [0.15, 0.2) is 30.5 Å². The molecule has 0 saturated carbocycles. The van der Waals surface area contributed by atoms with E-state index < -0.39 is 0 Å². The van der Waals surface area contributed by atoms with Gasteiger partial charge in [0.05, 0.1) is 29.1 Å². The number of likely N-dealkylation sites (tertiary alicyclic amines) is 1. The maximum atomic E-state index is 12.8. The number of nitrogens with two attached hydrogens (primary N) is 1. The predicted octanol–water partition coefficient (Wildman–Crippen LogP) is 1.83. The number of carbonyl (C=O) groups is 2. The molecule has 0 radical (unpaired) electrons. The lowest BCUT2D eigenvalue weighted by atomic mass is 9.97. The van der Waals surface area contributed by atoms with Crippen molar-refractivity contribution in [3.63, 3.8) is 0 Å². The summed E-state index contributed by atoms with van der Waals surface area (Å²) in [4.78, 5) is 25.9. The topological polar surface area (TPSA) is 81.2 Å². The van der Waals surface area contributed by atoms with Crippen LogP contribution in [0.2, 0.25) is 0 Å². The number of piperidine rings is 1. The zero-order valence-corrected chi connectivity index (χ0v) is 14.0. The molecule has 2 heterocycles. The van der Waals surface area contributed by atoms with Gasteiger partial charge in [-0.05, 0) is 38.8 Å². The zero-order chi connectivity index (χ0) is 17.3. The molecule has 2 N–H and O–H groups in total. The minimum Gasteiger partial charge on any atom is -0.369 e. The molecule has 1 saturated heterocycles. The Hall–Kier alpha value is -2.63. The first kappa shape index (κ1) is 16.2. The van der Waals surface area contributed by atoms with Gasteiger partial charge in [-0.15, -0.1) is 0 Å². The summed E-state index contributed by atoms with van der Waals surface area (Å²) in [6, 6.07) is 7.99. The molecule has 126 valence electrons. The molecule has 2 aromatic rings. The Morgan fingerprint density at radius 1 is 1.21 bits per heavy atom. The summed E-state index contributed by atoms with van der Waals surface area (Å²) in [6.07, 6.45) is 3.15. The number of hydrogen-bond acceptors (Lipinski definition) is 3. The number of aromatic nitrogens is 2. The van der Waals surface area contributed by atoms with E-state index in [0.717, 1.165) is 24.2 Å². The molecule has 0 aliphatic carbocycles. The fraction of sp³-hybridized carbons (Fsp3) is 0.389. The minimum atomic E-state index is -0.334. The van der Waals surface area contributed by atoms with Crippen molar-refractivity contribution >= 4 is 11.8 Å². The van der Waals surface area contributed by atoms with Gasteiger partial charge < -0.3 is 10.6 Å². The van der Waals surface area contributed by atoms with Crippen molar-refractivity contribution in [3.05, 3.63) is 47.3 Å². The number of primary amides is 1. The molecular weight excluding hydrogens is 304 g/mol. The predicted molar refractivity (Wildman–Crippen MR) is 90.9 cm³/mol. The van der Waals surface area contributed by atoms with E-state index >= 15 is 0 Å². The van der Waals surface area contributed by atoms with Crippen LogP contribution >= 0.6 is 0 Å². The molecule has 6 heteroatoms. The van der Waals surface area contributed by atoms with Crippen molar-refractivity contribution in [2.75, 3.05) is 13.1 Å². The third-order valence-corrected chi connectivity index (χ3v) is 4.63. The Labute approximate surface area is 141 Å². The van der Waals surface area contributed by atoms with Crippen molar-refractivity contribution < 1.29 is 9.59 Å². The lowest BCUT2D eigenvalue weighted by Crippen LogP contribution is -2.44. The number of amides is 2. The molecule has 0 spiro atoms. The van der Waals surface area contributed by atoms with Crippen LogP contribution < -0.4 is 5.73 Å². The van der Waals surface area contributed by atoms with Crippen LogP contribution in [-0.2, 0) is 4.79 Å². The first-order chi connectivity index (χ1) is 11.5. The van der Waals surface area contributed by atoms with Crippen LogP contribution in [0, 0.1) is 19.8 Å². The number of aryl methyl sites for hydroxylation is 1. The lowest BCUT2D eigenvalue weighted by molar-refractivity contribution is -0.123. The molecule has 3 rings (SSSR count). The first-order valence-electron chi connectivity index (χ1n) is 8.17. The van der Waals surface area contributed by atoms with E-state index in [9.17, 15) is 9.59 Å². The molecule has 1 fully saturated rings. The van der Waals surface area contributed by atoms with Gasteiger partial charge in [-0.2, -0.15) is 5.10 Å². The highest BCUT2D eigenvalue weighted by Crippen LogP contribution is 2.21. The normalized spacial score (nSPS) is 17.8. The second kappa shape index (κ2) is 6.47. The average molecular weight is 326 g/mol. The maximum Gasteiger partial charge on any atom is 0.257 e. The Bertz CT molecular complexity index is 764. The van der Waals surface area contributed by atoms with Crippen LogP contribution in [-0.4, -0.2) is 39.6 Å². The molecule has 1 aliphatic heterocycles. The summed E-state index contributed by atoms with van der Waals surface area (Å²) in [6.45, 7) is 4.96. The van der Waals surface area contributed by atoms with Gasteiger partial charge in [0.15, 0.2) is 0 Å². The number of nitrogens with zero attached hydrogens (tertiary/aromatic N) is 3. The van der Waals surface area contributed by atoms with Gasteiger partial charge in [-0.25, -0.2) is 4.68 Å². The Kier molecular flexibility index (Phi) is 4.38. The van der Waals surface area contributed by atoms with Crippen molar-refractivity contribution in [3.8, 4) is 5.69 Å². The summed E-state index contributed by atoms with van der Waals surface area (Å²) >= 11 is 0. The second-order valence-corrected chi connectivity index (χ2v) is 6.38. The molecule has 6 nitrogen and oxygen atoms in total. The molecule has 0 unspecified atom stereocenters. The molecule has 1 atom stereocenters. The van der Waals surface area contributed by atoms with Crippen molar-refractivity contribution in [2.45, 2.75) is 26.7 Å². The maximum absolute atomic E-state index is 12.8. The highest BCUT2D eigenvalue weighted by Gasteiger charge is 2.29. The van der Waals surface area contributed by atoms with E-state index in [1.165, 1.54) is 5.56 Å². The highest BCUT2D eigenvalue weighted by molar-refractivity contribution is 5.95. The van der Waals surface area contributed by atoms with Gasteiger partial charge in [-0.1, -0.05) is 17.7 Å². The number of benzene rings is 1. The Balaban J connectivity index is 1.83. The van der Waals surface area contributed by atoms with Crippen molar-refractivity contribution in [1.82, 2.24) is 14.7 Å². The van der Waals surface area contributed by atoms with Crippen LogP contribution in [0.5, 0.6) is 0 Å². The molecular formula is C18H22N4O2. The van der Waals surface area contributed by atoms with Crippen LogP contribution in [0.4, 0.5) is 0 Å². The molecule has 1 aromatic heterocycles. The molecule has 24 heavy (non-hydrogen) atoms. The average Bonchev–Trinajstić information content (AvgIpc) is 2.96. The van der Waals surface area contributed by atoms with Crippen molar-refractivity contribution in [1.29, 1.82) is 0 Å². The number of hydrogen-bond donors (Lipinski definition) is 1. The van der Waals surface area contributed by atoms with E-state index in [0.29, 0.717) is 18.7 Å². The summed E-state index contributed by atoms with van der Waals surface area (Å²) in [5.74, 6) is -0.675. The summed E-state index contributed by atoms with van der Waals surface area (Å²) in [5, 5.41) is 4.36. The van der Waals surface area contributed by atoms with Crippen LogP contribution in [0.3, 0.4) is 0 Å². The highest BCUT2D eigenvalue weighted by atomic mass is 16.2. The van der Waals surface area contributed by atoms with E-state index in [4.69, 9.17) is 5.73 Å². The van der Waals surface area contributed by atoms with E-state index in [2.05, 4.69) is 5.10 Å². The molecule has 2 amide bonds. The lowest BCUT2D eigenvalue weighted by Gasteiger charge is -2.31. The summed E-state index contributed by atoms with van der Waals surface area (Å²) in [7, 11) is 0. The zero-order valence-electron chi connectivity index (χ0n) is 14.0. The quantitative estimate of drug-likeness (QED) is 0.934. The van der Waals surface area contributed by atoms with E-state index in [1.807, 2.05) is 38.1 Å². The SMILES string of the molecule is Cc1ccc(-n2ncc(C(=O)N3CCC[C@H](C(N)=O)C3)c2C)cc1. The second-order valence-electron chi connectivity index (χ2n) is 6.38. The van der Waals surface area contributed by atoms with E-state index in [-0.39, 0.29) is 17.7 Å². The summed E-state index contributed by atoms with van der Waals surface area (Å²) < 4.78 is 1.77. The van der Waals surface area contributed by atoms with Gasteiger partial charge in [0.25, 0.3) is 5.91 Å². The Morgan fingerprint density at radius 3 is 2.58 bits per heavy atom. The fourth-order valence-corrected chi connectivity index (χ4v) is 3.13. The monoisotopic (exact) mass is 326 g/mol. The third-order valence-electron chi connectivity index (χ3n) is 4.63. The first-order valence-corrected chi connectivity index (χ1v) is 8.17. The van der Waals surface area contributed by atoms with Crippen LogP contribution in [0.25, 0.3) is 5.69 Å². The largest absolute Gasteiger partial charge is 0.369 e. The third kappa shape index (κ3) is 3.04. The van der Waals surface area contributed by atoms with E-state index in [1.54, 1.807) is 15.8 Å². The summed E-state index contributed by atoms with van der Waals surface area (Å²) in [5.41, 5.74) is 8.86. The van der Waals surface area contributed by atoms with Crippen molar-refractivity contribution in [2.24, 2.45) is 11.7 Å². The molecule has 0 bridgehead atoms. The fourth-order valence-electron chi connectivity index (χ4n) is 3.13. The smallest absolute Gasteiger partial charge is 0.257 e. The van der Waals surface area contributed by atoms with Crippen LogP contribution in [0.1, 0.15) is 34.5 Å². The van der Waals surface area contributed by atoms with Gasteiger partial charge >= 0.3 is 0 Å². The molecule has 1 aliphatic rings. The van der Waals surface area contributed by atoms with Gasteiger partial charge in [0, 0.05) is 13.1 Å². The van der Waals surface area contributed by atoms with Gasteiger partial charge in [-0.3, -0.25) is 9.59 Å². The molecule has 1 aromatic carbocycles. The van der Waals surface area contributed by atoms with Gasteiger partial charge in [0.2, 0.25) is 5.91 Å². The number of carbonyl (C=O) groups excluding carboxylic acids is 2.